The topological polar surface area (TPSA) is 122 Å². The van der Waals surface area contributed by atoms with Gasteiger partial charge in [-0.15, -0.1) is 0 Å². The van der Waals surface area contributed by atoms with Crippen molar-refractivity contribution in [3.63, 3.8) is 0 Å². The Morgan fingerprint density at radius 1 is 1.14 bits per heavy atom. The Morgan fingerprint density at radius 3 is 2.50 bits per heavy atom. The molecule has 3 aromatic rings. The van der Waals surface area contributed by atoms with E-state index in [0.29, 0.717) is 78.9 Å². The maximum absolute atomic E-state index is 12.9. The predicted molar refractivity (Wildman–Crippen MR) is 134 cm³/mol. The lowest BCUT2D eigenvalue weighted by Gasteiger charge is -2.32. The van der Waals surface area contributed by atoms with Crippen molar-refractivity contribution in [2.75, 3.05) is 39.0 Å². The minimum atomic E-state index is -3.22. The number of pyridine rings is 1. The van der Waals surface area contributed by atoms with Crippen molar-refractivity contribution in [3.05, 3.63) is 52.1 Å². The molecule has 2 fully saturated rings. The molecule has 10 nitrogen and oxygen atoms in total. The van der Waals surface area contributed by atoms with E-state index in [9.17, 15) is 23.1 Å². The standard InChI is InChI=1S/C25H29N3O7S/c1-26-14-21(19-6-5-17(25(30)31)11-22(19)34-15-16-3-4-16)23-20(24(26)29)12-18(35-23)13-27-7-9-28(10-8-27)36(2,32)33/h5-6,11-12,14,16H,3-4,7-10,13,15H2,1-2H3,(H,30,31). The quantitative estimate of drug-likeness (QED) is 0.485. The summed E-state index contributed by atoms with van der Waals surface area (Å²) < 4.78 is 38.8. The number of carbonyl (C=O) groups is 1. The summed E-state index contributed by atoms with van der Waals surface area (Å²) >= 11 is 0. The number of aromatic carboxylic acids is 1. The average molecular weight is 516 g/mol. The average Bonchev–Trinajstić information content (AvgIpc) is 3.57. The Kier molecular flexibility index (Phi) is 6.39. The van der Waals surface area contributed by atoms with Gasteiger partial charge in [0.05, 0.1) is 30.4 Å². The molecule has 36 heavy (non-hydrogen) atoms. The van der Waals surface area contributed by atoms with Crippen LogP contribution in [0.5, 0.6) is 5.75 Å². The molecule has 11 heteroatoms. The number of aromatic nitrogens is 1. The molecular formula is C25H29N3O7S. The van der Waals surface area contributed by atoms with Gasteiger partial charge in [0, 0.05) is 50.6 Å². The molecule has 5 rings (SSSR count). The van der Waals surface area contributed by atoms with E-state index in [0.717, 1.165) is 12.8 Å². The summed E-state index contributed by atoms with van der Waals surface area (Å²) in [5, 5.41) is 9.90. The first-order valence-corrected chi connectivity index (χ1v) is 13.7. The number of carboxylic acids is 1. The third kappa shape index (κ3) is 5.04. The van der Waals surface area contributed by atoms with Crippen molar-refractivity contribution in [2.45, 2.75) is 19.4 Å². The highest BCUT2D eigenvalue weighted by atomic mass is 32.2. The molecule has 1 N–H and O–H groups in total. The summed E-state index contributed by atoms with van der Waals surface area (Å²) in [6.07, 6.45) is 5.09. The van der Waals surface area contributed by atoms with Crippen LogP contribution in [0.25, 0.3) is 22.1 Å². The zero-order chi connectivity index (χ0) is 25.6. The van der Waals surface area contributed by atoms with Crippen molar-refractivity contribution in [3.8, 4) is 16.9 Å². The minimum Gasteiger partial charge on any atom is -0.493 e. The van der Waals surface area contributed by atoms with Gasteiger partial charge in [-0.3, -0.25) is 9.69 Å². The number of benzene rings is 1. The van der Waals surface area contributed by atoms with Crippen LogP contribution in [0.3, 0.4) is 0 Å². The van der Waals surface area contributed by atoms with Gasteiger partial charge in [0.1, 0.15) is 17.1 Å². The van der Waals surface area contributed by atoms with E-state index in [-0.39, 0.29) is 11.1 Å². The number of ether oxygens (including phenoxy) is 1. The Hall–Kier alpha value is -3.15. The number of nitrogens with zero attached hydrogens (tertiary/aromatic N) is 3. The molecule has 0 unspecified atom stereocenters. The lowest BCUT2D eigenvalue weighted by Crippen LogP contribution is -2.47. The third-order valence-corrected chi connectivity index (χ3v) is 8.07. The van der Waals surface area contributed by atoms with Gasteiger partial charge in [0.25, 0.3) is 5.56 Å². The smallest absolute Gasteiger partial charge is 0.335 e. The summed E-state index contributed by atoms with van der Waals surface area (Å²) in [5.41, 5.74) is 1.64. The van der Waals surface area contributed by atoms with Gasteiger partial charge in [-0.05, 0) is 43.0 Å². The highest BCUT2D eigenvalue weighted by Crippen LogP contribution is 2.38. The Labute approximate surface area is 208 Å². The Balaban J connectivity index is 1.49. The van der Waals surface area contributed by atoms with Crippen LogP contribution >= 0.6 is 0 Å². The molecule has 192 valence electrons. The van der Waals surface area contributed by atoms with Gasteiger partial charge in [0.2, 0.25) is 10.0 Å². The van der Waals surface area contributed by atoms with Crippen LogP contribution in [0.1, 0.15) is 29.0 Å². The van der Waals surface area contributed by atoms with Gasteiger partial charge < -0.3 is 18.8 Å². The van der Waals surface area contributed by atoms with E-state index in [4.69, 9.17) is 9.15 Å². The van der Waals surface area contributed by atoms with Gasteiger partial charge >= 0.3 is 5.97 Å². The van der Waals surface area contributed by atoms with E-state index < -0.39 is 16.0 Å². The minimum absolute atomic E-state index is 0.124. The number of carboxylic acid groups (broad SMARTS) is 1. The molecule has 2 aromatic heterocycles. The molecule has 0 spiro atoms. The maximum atomic E-state index is 12.9. The normalized spacial score (nSPS) is 17.5. The zero-order valence-corrected chi connectivity index (χ0v) is 21.1. The van der Waals surface area contributed by atoms with Crippen LogP contribution in [0.15, 0.2) is 39.7 Å². The number of piperazine rings is 1. The lowest BCUT2D eigenvalue weighted by molar-refractivity contribution is 0.0696. The van der Waals surface area contributed by atoms with Crippen molar-refractivity contribution < 1.29 is 27.5 Å². The lowest BCUT2D eigenvalue weighted by atomic mass is 10.0. The van der Waals surface area contributed by atoms with Crippen molar-refractivity contribution in [2.24, 2.45) is 13.0 Å². The third-order valence-electron chi connectivity index (χ3n) is 6.77. The Bertz CT molecular complexity index is 1480. The molecule has 1 aliphatic heterocycles. The SMILES string of the molecule is Cn1cc(-c2ccc(C(=O)O)cc2OCC2CC2)c2oc(CN3CCN(S(C)(=O)=O)CC3)cc2c1=O. The fourth-order valence-corrected chi connectivity index (χ4v) is 5.33. The van der Waals surface area contributed by atoms with Crippen LogP contribution in [0, 0.1) is 5.92 Å². The molecule has 1 aromatic carbocycles. The van der Waals surface area contributed by atoms with Gasteiger partial charge in [-0.1, -0.05) is 0 Å². The van der Waals surface area contributed by atoms with Crippen LogP contribution < -0.4 is 10.3 Å². The van der Waals surface area contributed by atoms with E-state index in [1.54, 1.807) is 25.4 Å². The molecular weight excluding hydrogens is 486 g/mol. The number of hydrogen-bond acceptors (Lipinski definition) is 7. The molecule has 1 aliphatic carbocycles. The monoisotopic (exact) mass is 515 g/mol. The summed E-state index contributed by atoms with van der Waals surface area (Å²) in [6.45, 7) is 2.88. The largest absolute Gasteiger partial charge is 0.493 e. The molecule has 2 aliphatic rings. The fraction of sp³-hybridized carbons (Fsp3) is 0.440. The van der Waals surface area contributed by atoms with Crippen LogP contribution in [-0.2, 0) is 23.6 Å². The number of furan rings is 1. The van der Waals surface area contributed by atoms with Crippen molar-refractivity contribution >= 4 is 27.0 Å². The second-order valence-corrected chi connectivity index (χ2v) is 11.6. The first kappa shape index (κ1) is 24.5. The highest BCUT2D eigenvalue weighted by molar-refractivity contribution is 7.88. The predicted octanol–water partition coefficient (Wildman–Crippen LogP) is 2.36. The molecule has 3 heterocycles. The van der Waals surface area contributed by atoms with Crippen LogP contribution in [-0.4, -0.2) is 72.3 Å². The van der Waals surface area contributed by atoms with Gasteiger partial charge in [0.15, 0.2) is 0 Å². The maximum Gasteiger partial charge on any atom is 0.335 e. The summed E-state index contributed by atoms with van der Waals surface area (Å²) in [4.78, 5) is 26.6. The summed E-state index contributed by atoms with van der Waals surface area (Å²) in [5.74, 6) is 0.478. The number of fused-ring (bicyclic) bond motifs is 1. The number of hydrogen-bond donors (Lipinski definition) is 1. The van der Waals surface area contributed by atoms with E-state index in [1.807, 2.05) is 0 Å². The fourth-order valence-electron chi connectivity index (χ4n) is 4.50. The van der Waals surface area contributed by atoms with Crippen LogP contribution in [0.4, 0.5) is 0 Å². The second-order valence-electron chi connectivity index (χ2n) is 9.62. The zero-order valence-electron chi connectivity index (χ0n) is 20.3. The van der Waals surface area contributed by atoms with Crippen molar-refractivity contribution in [1.82, 2.24) is 13.8 Å². The molecule has 0 radical (unpaired) electrons. The first-order chi connectivity index (χ1) is 17.1. The Morgan fingerprint density at radius 2 is 1.86 bits per heavy atom. The molecule has 0 atom stereocenters. The number of aryl methyl sites for hydroxylation is 1. The van der Waals surface area contributed by atoms with Gasteiger partial charge in [-0.25, -0.2) is 13.2 Å². The van der Waals surface area contributed by atoms with E-state index in [2.05, 4.69) is 4.90 Å². The molecule has 1 saturated carbocycles. The van der Waals surface area contributed by atoms with Gasteiger partial charge in [-0.2, -0.15) is 4.31 Å². The second kappa shape index (κ2) is 9.38. The number of sulfonamides is 1. The molecule has 1 saturated heterocycles. The van der Waals surface area contributed by atoms with Crippen molar-refractivity contribution in [1.29, 1.82) is 0 Å². The molecule has 0 amide bonds. The first-order valence-electron chi connectivity index (χ1n) is 11.9. The number of rotatable bonds is 8. The highest BCUT2D eigenvalue weighted by Gasteiger charge is 2.26. The summed E-state index contributed by atoms with van der Waals surface area (Å²) in [6, 6.07) is 6.46. The van der Waals surface area contributed by atoms with E-state index >= 15 is 0 Å². The molecule has 0 bridgehead atoms. The van der Waals surface area contributed by atoms with E-state index in [1.165, 1.54) is 27.3 Å². The summed E-state index contributed by atoms with van der Waals surface area (Å²) in [7, 11) is -1.55. The van der Waals surface area contributed by atoms with Crippen LogP contribution in [0.2, 0.25) is 0 Å².